The van der Waals surface area contributed by atoms with E-state index in [9.17, 15) is 9.59 Å². The van der Waals surface area contributed by atoms with E-state index in [0.29, 0.717) is 5.92 Å². The van der Waals surface area contributed by atoms with Crippen LogP contribution in [-0.4, -0.2) is 66.0 Å². The maximum atomic E-state index is 12.7. The number of carbonyl (C=O) groups excluding carboxylic acids is 1. The van der Waals surface area contributed by atoms with E-state index in [1.807, 2.05) is 51.2 Å². The molecular formula is C32H43N5O2. The van der Waals surface area contributed by atoms with Gasteiger partial charge in [-0.15, -0.1) is 0 Å². The van der Waals surface area contributed by atoms with Crippen LogP contribution in [0.2, 0.25) is 0 Å². The Morgan fingerprint density at radius 2 is 1.77 bits per heavy atom. The van der Waals surface area contributed by atoms with Gasteiger partial charge in [-0.25, -0.2) is 0 Å². The summed E-state index contributed by atoms with van der Waals surface area (Å²) in [5.74, 6) is 0.555. The molecule has 39 heavy (non-hydrogen) atoms. The van der Waals surface area contributed by atoms with Crippen LogP contribution in [0.25, 0.3) is 11.8 Å². The van der Waals surface area contributed by atoms with E-state index in [4.69, 9.17) is 0 Å². The number of piperidine rings is 1. The number of nitrogens with zero attached hydrogens (tertiary/aromatic N) is 4. The second-order valence-electron chi connectivity index (χ2n) is 10.1. The Balaban J connectivity index is 0.00000205. The highest BCUT2D eigenvalue weighted by Gasteiger charge is 2.21. The van der Waals surface area contributed by atoms with E-state index in [0.717, 1.165) is 60.7 Å². The van der Waals surface area contributed by atoms with Crippen LogP contribution in [0.5, 0.6) is 0 Å². The summed E-state index contributed by atoms with van der Waals surface area (Å²) in [4.78, 5) is 33.5. The van der Waals surface area contributed by atoms with Crippen molar-refractivity contribution < 1.29 is 4.79 Å². The number of rotatable bonds is 7. The van der Waals surface area contributed by atoms with Gasteiger partial charge < -0.3 is 10.2 Å². The first-order valence-electron chi connectivity index (χ1n) is 13.8. The lowest BCUT2D eigenvalue weighted by Crippen LogP contribution is -2.34. The summed E-state index contributed by atoms with van der Waals surface area (Å²) in [5, 5.41) is 3.02. The van der Waals surface area contributed by atoms with Gasteiger partial charge in [0.05, 0.1) is 5.69 Å². The number of hydrogen-bond acceptors (Lipinski definition) is 5. The normalized spacial score (nSPS) is 14.4. The van der Waals surface area contributed by atoms with Crippen molar-refractivity contribution in [2.45, 2.75) is 46.5 Å². The fourth-order valence-corrected chi connectivity index (χ4v) is 5.01. The van der Waals surface area contributed by atoms with E-state index in [-0.39, 0.29) is 11.5 Å². The average molecular weight is 530 g/mol. The number of carbonyl (C=O) groups is 1. The number of likely N-dealkylation sites (tertiary alicyclic amines) is 1. The summed E-state index contributed by atoms with van der Waals surface area (Å²) in [6.45, 7) is 11.1. The van der Waals surface area contributed by atoms with Crippen LogP contribution in [0.4, 0.5) is 5.69 Å². The molecule has 1 aromatic carbocycles. The molecule has 0 radical (unpaired) electrons. The molecule has 1 amide bonds. The van der Waals surface area contributed by atoms with Crippen molar-refractivity contribution >= 4 is 17.7 Å². The molecule has 0 unspecified atom stereocenters. The highest BCUT2D eigenvalue weighted by Crippen LogP contribution is 2.29. The van der Waals surface area contributed by atoms with Crippen molar-refractivity contribution in [2.75, 3.05) is 46.1 Å². The molecule has 208 valence electrons. The van der Waals surface area contributed by atoms with Crippen molar-refractivity contribution in [1.29, 1.82) is 0 Å². The molecule has 3 aromatic rings. The SMILES string of the molecule is CC.CNc1ccn(-c2ccnc(C)c2/C=C(\C)CN2CCC(c3ccc(C(=O)N(C)C)cc3)CC2)c(=O)c1. The highest BCUT2D eigenvalue weighted by molar-refractivity contribution is 5.93. The molecule has 0 spiro atoms. The smallest absolute Gasteiger partial charge is 0.257 e. The Morgan fingerprint density at radius 3 is 2.36 bits per heavy atom. The largest absolute Gasteiger partial charge is 0.388 e. The second kappa shape index (κ2) is 13.9. The Hall–Kier alpha value is -3.71. The molecule has 7 heteroatoms. The third kappa shape index (κ3) is 7.45. The molecule has 0 saturated carbocycles. The Labute approximate surface area is 233 Å². The van der Waals surface area contributed by atoms with Crippen molar-refractivity contribution in [2.24, 2.45) is 0 Å². The monoisotopic (exact) mass is 529 g/mol. The zero-order valence-electron chi connectivity index (χ0n) is 24.5. The second-order valence-corrected chi connectivity index (χ2v) is 10.1. The number of aryl methyl sites for hydroxylation is 1. The van der Waals surface area contributed by atoms with E-state index < -0.39 is 0 Å². The van der Waals surface area contributed by atoms with Crippen molar-refractivity contribution in [1.82, 2.24) is 19.4 Å². The molecule has 1 N–H and O–H groups in total. The Morgan fingerprint density at radius 1 is 1.10 bits per heavy atom. The molecule has 2 aromatic heterocycles. The highest BCUT2D eigenvalue weighted by atomic mass is 16.2. The fourth-order valence-electron chi connectivity index (χ4n) is 5.01. The lowest BCUT2D eigenvalue weighted by atomic mass is 9.88. The molecule has 7 nitrogen and oxygen atoms in total. The van der Waals surface area contributed by atoms with Crippen LogP contribution in [0.3, 0.4) is 0 Å². The molecule has 1 fully saturated rings. The lowest BCUT2D eigenvalue weighted by Gasteiger charge is -2.32. The van der Waals surface area contributed by atoms with Crippen molar-refractivity contribution in [3.63, 3.8) is 0 Å². The van der Waals surface area contributed by atoms with Gasteiger partial charge in [0.2, 0.25) is 0 Å². The first-order chi connectivity index (χ1) is 18.8. The average Bonchev–Trinajstić information content (AvgIpc) is 2.95. The van der Waals surface area contributed by atoms with Gasteiger partial charge in [-0.1, -0.05) is 37.6 Å². The zero-order valence-corrected chi connectivity index (χ0v) is 24.5. The third-order valence-corrected chi connectivity index (χ3v) is 7.12. The summed E-state index contributed by atoms with van der Waals surface area (Å²) < 4.78 is 1.68. The first kappa shape index (κ1) is 29.8. The third-order valence-electron chi connectivity index (χ3n) is 7.12. The maximum absolute atomic E-state index is 12.7. The van der Waals surface area contributed by atoms with Crippen molar-refractivity contribution in [3.8, 4) is 5.69 Å². The lowest BCUT2D eigenvalue weighted by molar-refractivity contribution is 0.0827. The molecule has 4 rings (SSSR count). The summed E-state index contributed by atoms with van der Waals surface area (Å²) in [6.07, 6.45) is 7.92. The van der Waals surface area contributed by atoms with Crippen LogP contribution in [0, 0.1) is 6.92 Å². The Bertz CT molecular complexity index is 1330. The minimum Gasteiger partial charge on any atom is -0.388 e. The minimum absolute atomic E-state index is 0.0375. The van der Waals surface area contributed by atoms with Gasteiger partial charge in [-0.05, 0) is 75.5 Å². The molecule has 1 aliphatic rings. The van der Waals surface area contributed by atoms with Gasteiger partial charge in [0.15, 0.2) is 0 Å². The van der Waals surface area contributed by atoms with Gasteiger partial charge >= 0.3 is 0 Å². The predicted octanol–water partition coefficient (Wildman–Crippen LogP) is 5.59. The number of nitrogens with one attached hydrogen (secondary N) is 1. The first-order valence-corrected chi connectivity index (χ1v) is 13.8. The number of amides is 1. The summed E-state index contributed by atoms with van der Waals surface area (Å²) in [6, 6.07) is 13.5. The Kier molecular flexibility index (Phi) is 10.6. The predicted molar refractivity (Wildman–Crippen MR) is 162 cm³/mol. The topological polar surface area (TPSA) is 70.5 Å². The zero-order chi connectivity index (χ0) is 28.5. The molecule has 0 atom stereocenters. The molecular weight excluding hydrogens is 486 g/mol. The van der Waals surface area contributed by atoms with Gasteiger partial charge in [-0.2, -0.15) is 0 Å². The van der Waals surface area contributed by atoms with Gasteiger partial charge in [0, 0.05) is 68.7 Å². The van der Waals surface area contributed by atoms with E-state index >= 15 is 0 Å². The summed E-state index contributed by atoms with van der Waals surface area (Å²) in [7, 11) is 5.36. The van der Waals surface area contributed by atoms with Crippen LogP contribution < -0.4 is 10.9 Å². The number of benzene rings is 1. The quantitative estimate of drug-likeness (QED) is 0.432. The molecule has 1 aliphatic heterocycles. The molecule has 1 saturated heterocycles. The van der Waals surface area contributed by atoms with Crippen LogP contribution in [0.15, 0.2) is 65.2 Å². The van der Waals surface area contributed by atoms with Gasteiger partial charge in [0.25, 0.3) is 11.5 Å². The number of aromatic nitrogens is 2. The maximum Gasteiger partial charge on any atom is 0.257 e. The number of hydrogen-bond donors (Lipinski definition) is 1. The minimum atomic E-state index is -0.0778. The van der Waals surface area contributed by atoms with E-state index in [2.05, 4.69) is 40.3 Å². The van der Waals surface area contributed by atoms with Gasteiger partial charge in [-0.3, -0.25) is 24.0 Å². The van der Waals surface area contributed by atoms with Crippen molar-refractivity contribution in [3.05, 3.63) is 93.2 Å². The molecule has 0 aliphatic carbocycles. The summed E-state index contributed by atoms with van der Waals surface area (Å²) in [5.41, 5.74) is 6.71. The molecule has 3 heterocycles. The molecule has 0 bridgehead atoms. The number of pyridine rings is 2. The van der Waals surface area contributed by atoms with Crippen LogP contribution >= 0.6 is 0 Å². The van der Waals surface area contributed by atoms with Crippen LogP contribution in [-0.2, 0) is 0 Å². The van der Waals surface area contributed by atoms with Crippen LogP contribution in [0.1, 0.15) is 66.7 Å². The van der Waals surface area contributed by atoms with E-state index in [1.165, 1.54) is 11.1 Å². The van der Waals surface area contributed by atoms with Gasteiger partial charge in [0.1, 0.15) is 0 Å². The standard InChI is InChI=1S/C30H37N5O2.C2H6/c1-21(18-27-22(2)32-14-10-28(27)35-17-13-26(31-3)19-29(35)36)20-34-15-11-24(12-16-34)23-6-8-25(9-7-23)30(37)33(4)5;1-2/h6-10,13-14,17-19,24,31H,11-12,15-16,20H2,1-5H3;1-2H3/b21-18+;. The van der Waals surface area contributed by atoms with E-state index in [1.54, 1.807) is 42.9 Å². The number of anilines is 1. The fraction of sp³-hybridized carbons (Fsp3) is 0.406. The summed E-state index contributed by atoms with van der Waals surface area (Å²) >= 11 is 0.